The topological polar surface area (TPSA) is 95.2 Å². The van der Waals surface area contributed by atoms with E-state index < -0.39 is 36.1 Å². The number of aromatic nitrogens is 1. The average Bonchev–Trinajstić information content (AvgIpc) is 3.07. The standard InChI is InChI=1S/C35H36ClF3N4O3S/c36-26-12-15-29(16-13-26)47-21-28-20-40-19-27(46-28)14-11-25-17-18-41-33(44)31(25)43-34(45)32(42-22-35(37,38)39)30(23-7-3-1-4-8-23)24-9-5-2-6-10-24/h1-10,12-13,15-18,27-28,30,32,40,42H,11,14,19-22H2,(H,41,44)(H,43,45)/t27-,28+,32+/m1/s1. The normalized spacial score (nSPS) is 17.4. The van der Waals surface area contributed by atoms with Gasteiger partial charge in [0.25, 0.3) is 5.56 Å². The van der Waals surface area contributed by atoms with Gasteiger partial charge in [0.1, 0.15) is 5.69 Å². The molecular weight excluding hydrogens is 649 g/mol. The molecule has 4 aromatic rings. The van der Waals surface area contributed by atoms with E-state index in [9.17, 15) is 22.8 Å². The van der Waals surface area contributed by atoms with Gasteiger partial charge in [-0.25, -0.2) is 0 Å². The highest BCUT2D eigenvalue weighted by Gasteiger charge is 2.36. The molecule has 3 aromatic carbocycles. The average molecular weight is 685 g/mol. The number of aromatic amines is 1. The summed E-state index contributed by atoms with van der Waals surface area (Å²) in [6.45, 7) is -0.0469. The SMILES string of the molecule is O=C(Nc1c(CC[C@@H]2CNC[C@@H](CSc3ccc(Cl)cc3)O2)cc[nH]c1=O)[C@@H](NCC(F)(F)F)C(c1ccccc1)c1ccccc1. The lowest BCUT2D eigenvalue weighted by Gasteiger charge is -2.31. The predicted molar refractivity (Wildman–Crippen MR) is 180 cm³/mol. The highest BCUT2D eigenvalue weighted by Crippen LogP contribution is 2.30. The monoisotopic (exact) mass is 684 g/mol. The minimum atomic E-state index is -4.56. The van der Waals surface area contributed by atoms with Crippen molar-refractivity contribution in [3.63, 3.8) is 0 Å². The van der Waals surface area contributed by atoms with Crippen molar-refractivity contribution < 1.29 is 22.7 Å². The van der Waals surface area contributed by atoms with Crippen LogP contribution in [0.15, 0.2) is 107 Å². The number of hydrogen-bond donors (Lipinski definition) is 4. The van der Waals surface area contributed by atoms with Gasteiger partial charge in [-0.2, -0.15) is 13.2 Å². The molecule has 0 radical (unpaired) electrons. The van der Waals surface area contributed by atoms with Gasteiger partial charge < -0.3 is 20.4 Å². The van der Waals surface area contributed by atoms with Gasteiger partial charge in [0.2, 0.25) is 5.91 Å². The fourth-order valence-electron chi connectivity index (χ4n) is 5.63. The second kappa shape index (κ2) is 16.5. The number of nitrogens with one attached hydrogen (secondary N) is 4. The van der Waals surface area contributed by atoms with Crippen LogP contribution in [0.25, 0.3) is 0 Å². The third-order valence-electron chi connectivity index (χ3n) is 7.87. The number of hydrogen-bond acceptors (Lipinski definition) is 6. The number of alkyl halides is 3. The van der Waals surface area contributed by atoms with E-state index in [4.69, 9.17) is 16.3 Å². The Morgan fingerprint density at radius 3 is 2.21 bits per heavy atom. The molecule has 0 saturated carbocycles. The van der Waals surface area contributed by atoms with Gasteiger partial charge in [-0.1, -0.05) is 72.3 Å². The number of ether oxygens (including phenoxy) is 1. The molecule has 0 aliphatic carbocycles. The van der Waals surface area contributed by atoms with E-state index in [1.54, 1.807) is 78.5 Å². The number of carbonyl (C=O) groups is 1. The van der Waals surface area contributed by atoms with Crippen molar-refractivity contribution in [2.45, 2.75) is 48.1 Å². The summed E-state index contributed by atoms with van der Waals surface area (Å²) in [5.41, 5.74) is 1.34. The van der Waals surface area contributed by atoms with Crippen molar-refractivity contribution in [3.05, 3.63) is 129 Å². The van der Waals surface area contributed by atoms with Crippen molar-refractivity contribution >= 4 is 35.0 Å². The minimum absolute atomic E-state index is 0.00907. The van der Waals surface area contributed by atoms with Crippen LogP contribution in [-0.2, 0) is 16.0 Å². The number of carbonyl (C=O) groups excluding carboxylic acids is 1. The number of thioether (sulfide) groups is 1. The first-order valence-corrected chi connectivity index (χ1v) is 16.7. The zero-order valence-electron chi connectivity index (χ0n) is 25.4. The Morgan fingerprint density at radius 2 is 1.57 bits per heavy atom. The van der Waals surface area contributed by atoms with Gasteiger partial charge in [0, 0.05) is 40.9 Å². The Morgan fingerprint density at radius 1 is 0.936 bits per heavy atom. The molecule has 4 N–H and O–H groups in total. The molecule has 1 aliphatic rings. The first kappa shape index (κ1) is 34.7. The zero-order valence-corrected chi connectivity index (χ0v) is 27.0. The molecule has 12 heteroatoms. The Hall–Kier alpha value is -3.61. The maximum atomic E-state index is 13.9. The molecule has 0 spiro atoms. The molecule has 1 saturated heterocycles. The van der Waals surface area contributed by atoms with E-state index in [0.717, 1.165) is 10.6 Å². The molecule has 1 amide bonds. The number of aryl methyl sites for hydroxylation is 1. The van der Waals surface area contributed by atoms with Crippen molar-refractivity contribution in [3.8, 4) is 0 Å². The van der Waals surface area contributed by atoms with Gasteiger partial charge in [-0.05, 0) is 59.9 Å². The maximum absolute atomic E-state index is 13.9. The second-order valence-corrected chi connectivity index (χ2v) is 12.8. The fraction of sp³-hybridized carbons (Fsp3) is 0.314. The Labute approximate surface area is 280 Å². The van der Waals surface area contributed by atoms with E-state index in [0.29, 0.717) is 47.6 Å². The summed E-state index contributed by atoms with van der Waals surface area (Å²) in [5, 5.41) is 9.23. The number of halogens is 4. The van der Waals surface area contributed by atoms with E-state index in [1.165, 1.54) is 6.20 Å². The molecule has 0 unspecified atom stereocenters. The van der Waals surface area contributed by atoms with Gasteiger partial charge in [0.15, 0.2) is 0 Å². The summed E-state index contributed by atoms with van der Waals surface area (Å²) in [6.07, 6.45) is -2.26. The second-order valence-electron chi connectivity index (χ2n) is 11.3. The number of amides is 1. The van der Waals surface area contributed by atoms with E-state index in [2.05, 4.69) is 20.9 Å². The summed E-state index contributed by atoms with van der Waals surface area (Å²) in [6, 6.07) is 25.7. The molecule has 1 aromatic heterocycles. The summed E-state index contributed by atoms with van der Waals surface area (Å²) >= 11 is 7.67. The number of anilines is 1. The molecule has 1 fully saturated rings. The third kappa shape index (κ3) is 10.2. The van der Waals surface area contributed by atoms with E-state index in [1.807, 2.05) is 24.3 Å². The summed E-state index contributed by atoms with van der Waals surface area (Å²) in [4.78, 5) is 30.7. The molecule has 1 aliphatic heterocycles. The van der Waals surface area contributed by atoms with Crippen LogP contribution in [0.2, 0.25) is 5.02 Å². The van der Waals surface area contributed by atoms with Crippen molar-refractivity contribution in [1.29, 1.82) is 0 Å². The number of pyridine rings is 1. The maximum Gasteiger partial charge on any atom is 0.401 e. The van der Waals surface area contributed by atoms with Crippen molar-refractivity contribution in [1.82, 2.24) is 15.6 Å². The number of benzene rings is 3. The van der Waals surface area contributed by atoms with Gasteiger partial charge in [-0.15, -0.1) is 11.8 Å². The summed E-state index contributed by atoms with van der Waals surface area (Å²) in [7, 11) is 0. The quantitative estimate of drug-likeness (QED) is 0.122. The molecule has 47 heavy (non-hydrogen) atoms. The van der Waals surface area contributed by atoms with Crippen LogP contribution in [0.5, 0.6) is 0 Å². The number of rotatable bonds is 13. The lowest BCUT2D eigenvalue weighted by Crippen LogP contribution is -2.49. The number of morpholine rings is 1. The molecular formula is C35H36ClF3N4O3S. The Kier molecular flexibility index (Phi) is 12.2. The summed E-state index contributed by atoms with van der Waals surface area (Å²) in [5.74, 6) is -0.775. The Bertz CT molecular complexity index is 1600. The lowest BCUT2D eigenvalue weighted by molar-refractivity contribution is -0.130. The van der Waals surface area contributed by atoms with E-state index in [-0.39, 0.29) is 17.9 Å². The van der Waals surface area contributed by atoms with Gasteiger partial charge in [0.05, 0.1) is 24.8 Å². The zero-order chi connectivity index (χ0) is 33.2. The first-order chi connectivity index (χ1) is 22.7. The van der Waals surface area contributed by atoms with Crippen molar-refractivity contribution in [2.75, 3.05) is 30.7 Å². The van der Waals surface area contributed by atoms with Crippen LogP contribution in [0.3, 0.4) is 0 Å². The highest BCUT2D eigenvalue weighted by atomic mass is 35.5. The summed E-state index contributed by atoms with van der Waals surface area (Å²) < 4.78 is 46.8. The molecule has 3 atom stereocenters. The third-order valence-corrected chi connectivity index (χ3v) is 9.26. The largest absolute Gasteiger partial charge is 0.401 e. The minimum Gasteiger partial charge on any atom is -0.371 e. The lowest BCUT2D eigenvalue weighted by atomic mass is 9.84. The molecule has 248 valence electrons. The highest BCUT2D eigenvalue weighted by molar-refractivity contribution is 7.99. The smallest absolute Gasteiger partial charge is 0.371 e. The van der Waals surface area contributed by atoms with Crippen LogP contribution >= 0.6 is 23.4 Å². The van der Waals surface area contributed by atoms with Crippen LogP contribution in [0.4, 0.5) is 18.9 Å². The van der Waals surface area contributed by atoms with Crippen LogP contribution in [-0.4, -0.2) is 60.7 Å². The van der Waals surface area contributed by atoms with Crippen LogP contribution in [0.1, 0.15) is 29.0 Å². The first-order valence-electron chi connectivity index (χ1n) is 15.3. The number of H-pyrrole nitrogens is 1. The van der Waals surface area contributed by atoms with Crippen LogP contribution < -0.4 is 21.5 Å². The predicted octanol–water partition coefficient (Wildman–Crippen LogP) is 6.40. The Balaban J connectivity index is 1.31. The molecule has 0 bridgehead atoms. The molecule has 5 rings (SSSR count). The molecule has 7 nitrogen and oxygen atoms in total. The van der Waals surface area contributed by atoms with E-state index >= 15 is 0 Å². The van der Waals surface area contributed by atoms with Crippen LogP contribution in [0, 0.1) is 0 Å². The van der Waals surface area contributed by atoms with Crippen molar-refractivity contribution in [2.24, 2.45) is 0 Å². The fourth-order valence-corrected chi connectivity index (χ4v) is 6.66. The van der Waals surface area contributed by atoms with Gasteiger partial charge >= 0.3 is 6.18 Å². The van der Waals surface area contributed by atoms with Gasteiger partial charge in [-0.3, -0.25) is 14.9 Å². The molecule has 2 heterocycles.